The maximum Gasteiger partial charge on any atom is 0.243 e. The third kappa shape index (κ3) is 4.01. The monoisotopic (exact) mass is 306 g/mol. The van der Waals surface area contributed by atoms with Gasteiger partial charge in [0.15, 0.2) is 0 Å². The Hall–Kier alpha value is -1.00. The van der Waals surface area contributed by atoms with Gasteiger partial charge in [-0.15, -0.1) is 0 Å². The number of carbonyl (C=O) groups is 1. The van der Waals surface area contributed by atoms with Crippen LogP contribution in [0, 0.1) is 0 Å². The first-order chi connectivity index (χ1) is 10.2. The Balaban J connectivity index is 2.16. The van der Waals surface area contributed by atoms with Gasteiger partial charge in [-0.1, -0.05) is 56.5 Å². The van der Waals surface area contributed by atoms with E-state index in [1.165, 1.54) is 32.1 Å². The third-order valence-corrected chi connectivity index (χ3v) is 5.80. The van der Waals surface area contributed by atoms with E-state index in [0.717, 1.165) is 12.1 Å². The van der Waals surface area contributed by atoms with E-state index in [9.17, 15) is 4.79 Å². The van der Waals surface area contributed by atoms with Gasteiger partial charge >= 0.3 is 0 Å². The molecule has 1 aliphatic rings. The molecule has 0 aliphatic heterocycles. The molecular weight excluding hydrogens is 280 g/mol. The van der Waals surface area contributed by atoms with Crippen LogP contribution in [-0.4, -0.2) is 23.5 Å². The molecule has 0 saturated heterocycles. The zero-order valence-corrected chi connectivity index (χ0v) is 13.6. The lowest BCUT2D eigenvalue weighted by atomic mass is 9.91. The second-order valence-electron chi connectivity index (χ2n) is 5.74. The summed E-state index contributed by atoms with van der Waals surface area (Å²) in [7, 11) is 0. The molecule has 3 N–H and O–H groups in total. The van der Waals surface area contributed by atoms with E-state index < -0.39 is 5.54 Å². The molecule has 1 unspecified atom stereocenters. The molecule has 1 atom stereocenters. The molecule has 3 nitrogen and oxygen atoms in total. The van der Waals surface area contributed by atoms with Gasteiger partial charge in [0.05, 0.1) is 0 Å². The van der Waals surface area contributed by atoms with Crippen molar-refractivity contribution in [2.45, 2.75) is 49.8 Å². The summed E-state index contributed by atoms with van der Waals surface area (Å²) in [6, 6.07) is 9.89. The lowest BCUT2D eigenvalue weighted by Crippen LogP contribution is -2.54. The van der Waals surface area contributed by atoms with Crippen LogP contribution in [0.3, 0.4) is 0 Å². The third-order valence-electron chi connectivity index (χ3n) is 4.25. The summed E-state index contributed by atoms with van der Waals surface area (Å²) in [5, 5.41) is 4.02. The van der Waals surface area contributed by atoms with Crippen molar-refractivity contribution >= 4 is 17.7 Å². The molecule has 2 rings (SSSR count). The minimum atomic E-state index is -0.752. The van der Waals surface area contributed by atoms with E-state index in [1.807, 2.05) is 49.0 Å². The van der Waals surface area contributed by atoms with Crippen LogP contribution in [0.1, 0.15) is 44.6 Å². The maximum atomic E-state index is 12.2. The van der Waals surface area contributed by atoms with Crippen LogP contribution in [0.15, 0.2) is 30.3 Å². The SMILES string of the molecule is CCNC(CSC1CCCCC1)(C(N)=O)c1ccccc1. The first-order valence-electron chi connectivity index (χ1n) is 7.91. The summed E-state index contributed by atoms with van der Waals surface area (Å²) in [5.74, 6) is 0.434. The number of nitrogens with two attached hydrogens (primary N) is 1. The fraction of sp³-hybridized carbons (Fsp3) is 0.588. The molecule has 21 heavy (non-hydrogen) atoms. The topological polar surface area (TPSA) is 55.1 Å². The lowest BCUT2D eigenvalue weighted by Gasteiger charge is -2.34. The van der Waals surface area contributed by atoms with Crippen molar-refractivity contribution in [3.05, 3.63) is 35.9 Å². The zero-order valence-electron chi connectivity index (χ0n) is 12.8. The van der Waals surface area contributed by atoms with Crippen LogP contribution in [0.2, 0.25) is 0 Å². The maximum absolute atomic E-state index is 12.2. The fourth-order valence-electron chi connectivity index (χ4n) is 3.04. The van der Waals surface area contributed by atoms with E-state index in [-0.39, 0.29) is 5.91 Å². The normalized spacial score (nSPS) is 19.1. The molecule has 0 heterocycles. The number of benzene rings is 1. The van der Waals surface area contributed by atoms with Gasteiger partial charge in [0.1, 0.15) is 5.54 Å². The molecule has 1 aliphatic carbocycles. The molecule has 1 aromatic rings. The molecule has 1 amide bonds. The second-order valence-corrected chi connectivity index (χ2v) is 7.03. The van der Waals surface area contributed by atoms with Gasteiger partial charge in [-0.2, -0.15) is 11.8 Å². The predicted octanol–water partition coefficient (Wildman–Crippen LogP) is 3.04. The Morgan fingerprint density at radius 2 is 1.95 bits per heavy atom. The molecule has 1 fully saturated rings. The summed E-state index contributed by atoms with van der Waals surface area (Å²) >= 11 is 1.90. The summed E-state index contributed by atoms with van der Waals surface area (Å²) in [6.07, 6.45) is 6.51. The molecule has 0 spiro atoms. The number of hydrogen-bond acceptors (Lipinski definition) is 3. The van der Waals surface area contributed by atoms with Crippen LogP contribution >= 0.6 is 11.8 Å². The summed E-state index contributed by atoms with van der Waals surface area (Å²) in [5.41, 5.74) is 6.01. The van der Waals surface area contributed by atoms with Gasteiger partial charge in [-0.25, -0.2) is 0 Å². The van der Waals surface area contributed by atoms with Crippen LogP contribution in [-0.2, 0) is 10.3 Å². The van der Waals surface area contributed by atoms with Crippen molar-refractivity contribution in [2.75, 3.05) is 12.3 Å². The van der Waals surface area contributed by atoms with Crippen molar-refractivity contribution < 1.29 is 4.79 Å². The molecular formula is C17H26N2OS. The Morgan fingerprint density at radius 3 is 2.52 bits per heavy atom. The van der Waals surface area contributed by atoms with Gasteiger partial charge in [0.25, 0.3) is 0 Å². The number of rotatable bonds is 7. The Labute approximate surface area is 132 Å². The molecule has 0 aromatic heterocycles. The highest BCUT2D eigenvalue weighted by molar-refractivity contribution is 8.00. The summed E-state index contributed by atoms with van der Waals surface area (Å²) < 4.78 is 0. The fourth-order valence-corrected chi connectivity index (χ4v) is 4.60. The number of nitrogens with one attached hydrogen (secondary N) is 1. The van der Waals surface area contributed by atoms with Crippen molar-refractivity contribution in [1.82, 2.24) is 5.32 Å². The lowest BCUT2D eigenvalue weighted by molar-refractivity contribution is -0.123. The Morgan fingerprint density at radius 1 is 1.29 bits per heavy atom. The minimum Gasteiger partial charge on any atom is -0.368 e. The molecule has 0 bridgehead atoms. The van der Waals surface area contributed by atoms with Crippen LogP contribution in [0.25, 0.3) is 0 Å². The number of primary amides is 1. The number of carbonyl (C=O) groups excluding carboxylic acids is 1. The van der Waals surface area contributed by atoms with Crippen LogP contribution in [0.5, 0.6) is 0 Å². The number of likely N-dealkylation sites (N-methyl/N-ethyl adjacent to an activating group) is 1. The largest absolute Gasteiger partial charge is 0.368 e. The van der Waals surface area contributed by atoms with E-state index in [2.05, 4.69) is 5.32 Å². The molecule has 1 saturated carbocycles. The number of amides is 1. The van der Waals surface area contributed by atoms with Crippen LogP contribution in [0.4, 0.5) is 0 Å². The van der Waals surface area contributed by atoms with Crippen molar-refractivity contribution in [3.8, 4) is 0 Å². The van der Waals surface area contributed by atoms with E-state index in [0.29, 0.717) is 11.0 Å². The van der Waals surface area contributed by atoms with Gasteiger partial charge in [-0.05, 0) is 24.9 Å². The number of thioether (sulfide) groups is 1. The highest BCUT2D eigenvalue weighted by Gasteiger charge is 2.38. The Bertz CT molecular complexity index is 445. The van der Waals surface area contributed by atoms with Crippen LogP contribution < -0.4 is 11.1 Å². The molecule has 0 radical (unpaired) electrons. The van der Waals surface area contributed by atoms with Crippen molar-refractivity contribution in [1.29, 1.82) is 0 Å². The minimum absolute atomic E-state index is 0.279. The molecule has 1 aromatic carbocycles. The second kappa shape index (κ2) is 7.85. The smallest absolute Gasteiger partial charge is 0.243 e. The van der Waals surface area contributed by atoms with E-state index >= 15 is 0 Å². The summed E-state index contributed by atoms with van der Waals surface area (Å²) in [6.45, 7) is 2.75. The predicted molar refractivity (Wildman–Crippen MR) is 90.3 cm³/mol. The standard InChI is InChI=1S/C17H26N2OS/c1-2-19-17(16(18)20,14-9-5-3-6-10-14)13-21-15-11-7-4-8-12-15/h3,5-6,9-10,15,19H,2,4,7-8,11-13H2,1H3,(H2,18,20). The van der Waals surface area contributed by atoms with Gasteiger partial charge in [0.2, 0.25) is 5.91 Å². The summed E-state index contributed by atoms with van der Waals surface area (Å²) in [4.78, 5) is 12.2. The van der Waals surface area contributed by atoms with Crippen molar-refractivity contribution in [2.24, 2.45) is 5.73 Å². The molecule has 116 valence electrons. The van der Waals surface area contributed by atoms with E-state index in [1.54, 1.807) is 0 Å². The van der Waals surface area contributed by atoms with E-state index in [4.69, 9.17) is 5.73 Å². The van der Waals surface area contributed by atoms with Gasteiger partial charge in [0, 0.05) is 11.0 Å². The molecule has 4 heteroatoms. The highest BCUT2D eigenvalue weighted by atomic mass is 32.2. The van der Waals surface area contributed by atoms with Crippen molar-refractivity contribution in [3.63, 3.8) is 0 Å². The first kappa shape index (κ1) is 16.4. The van der Waals surface area contributed by atoms with Gasteiger partial charge < -0.3 is 5.73 Å². The Kier molecular flexibility index (Phi) is 6.12. The number of hydrogen-bond donors (Lipinski definition) is 2. The highest BCUT2D eigenvalue weighted by Crippen LogP contribution is 2.33. The average molecular weight is 306 g/mol. The average Bonchev–Trinajstić information content (AvgIpc) is 2.53. The zero-order chi connectivity index (χ0) is 15.1. The quantitative estimate of drug-likeness (QED) is 0.814. The van der Waals surface area contributed by atoms with Gasteiger partial charge in [-0.3, -0.25) is 10.1 Å². The first-order valence-corrected chi connectivity index (χ1v) is 8.96.